The van der Waals surface area contributed by atoms with Crippen LogP contribution in [0.3, 0.4) is 0 Å². The molecular weight excluding hydrogens is 276 g/mol. The van der Waals surface area contributed by atoms with Gasteiger partial charge in [-0.25, -0.2) is 8.78 Å². The standard InChI is InChI=1S/C16H17F2NO2/c1-9-7-8-10(15(18)14(9)17)16(19)13-11(20-2)5-4-6-12(13)21-3/h4-8,16H,19H2,1-3H3. The predicted molar refractivity (Wildman–Crippen MR) is 76.7 cm³/mol. The van der Waals surface area contributed by atoms with Crippen molar-refractivity contribution in [1.29, 1.82) is 0 Å². The van der Waals surface area contributed by atoms with Crippen LogP contribution in [-0.4, -0.2) is 14.2 Å². The molecule has 0 spiro atoms. The predicted octanol–water partition coefficient (Wildman–Crippen LogP) is 3.34. The summed E-state index contributed by atoms with van der Waals surface area (Å²) >= 11 is 0. The minimum atomic E-state index is -0.949. The lowest BCUT2D eigenvalue weighted by molar-refractivity contribution is 0.381. The van der Waals surface area contributed by atoms with E-state index in [2.05, 4.69) is 0 Å². The van der Waals surface area contributed by atoms with Crippen LogP contribution in [0.5, 0.6) is 11.5 Å². The molecule has 5 heteroatoms. The first-order chi connectivity index (χ1) is 10.0. The van der Waals surface area contributed by atoms with Gasteiger partial charge in [0.05, 0.1) is 25.8 Å². The monoisotopic (exact) mass is 293 g/mol. The first kappa shape index (κ1) is 15.3. The fraction of sp³-hybridized carbons (Fsp3) is 0.250. The minimum absolute atomic E-state index is 0.0564. The maximum Gasteiger partial charge on any atom is 0.164 e. The maximum absolute atomic E-state index is 14.1. The molecule has 0 heterocycles. The third kappa shape index (κ3) is 2.69. The number of rotatable bonds is 4. The summed E-state index contributed by atoms with van der Waals surface area (Å²) < 4.78 is 38.4. The Kier molecular flexibility index (Phi) is 4.43. The lowest BCUT2D eigenvalue weighted by Gasteiger charge is -2.20. The van der Waals surface area contributed by atoms with Crippen molar-refractivity contribution in [3.8, 4) is 11.5 Å². The third-order valence-electron chi connectivity index (χ3n) is 3.42. The third-order valence-corrected chi connectivity index (χ3v) is 3.42. The molecule has 2 N–H and O–H groups in total. The molecule has 21 heavy (non-hydrogen) atoms. The second-order valence-corrected chi connectivity index (χ2v) is 4.65. The van der Waals surface area contributed by atoms with Crippen LogP contribution in [0.25, 0.3) is 0 Å². The van der Waals surface area contributed by atoms with E-state index in [1.807, 2.05) is 0 Å². The summed E-state index contributed by atoms with van der Waals surface area (Å²) in [6, 6.07) is 7.20. The van der Waals surface area contributed by atoms with Gasteiger partial charge in [-0.15, -0.1) is 0 Å². The number of hydrogen-bond donors (Lipinski definition) is 1. The summed E-state index contributed by atoms with van der Waals surface area (Å²) in [5.74, 6) is -0.920. The minimum Gasteiger partial charge on any atom is -0.496 e. The number of aryl methyl sites for hydroxylation is 1. The van der Waals surface area contributed by atoms with E-state index in [-0.39, 0.29) is 11.1 Å². The maximum atomic E-state index is 14.1. The Balaban J connectivity index is 2.60. The van der Waals surface area contributed by atoms with Gasteiger partial charge in [0.25, 0.3) is 0 Å². The van der Waals surface area contributed by atoms with Crippen LogP contribution in [0.1, 0.15) is 22.7 Å². The number of hydrogen-bond acceptors (Lipinski definition) is 3. The number of ether oxygens (including phenoxy) is 2. The molecule has 0 aliphatic carbocycles. The van der Waals surface area contributed by atoms with E-state index < -0.39 is 17.7 Å². The molecule has 0 aliphatic rings. The Morgan fingerprint density at radius 2 is 1.52 bits per heavy atom. The van der Waals surface area contributed by atoms with Crippen LogP contribution in [0.4, 0.5) is 8.78 Å². The number of benzene rings is 2. The van der Waals surface area contributed by atoms with Gasteiger partial charge in [-0.3, -0.25) is 0 Å². The van der Waals surface area contributed by atoms with Crippen molar-refractivity contribution in [2.45, 2.75) is 13.0 Å². The lowest BCUT2D eigenvalue weighted by atomic mass is 9.96. The smallest absolute Gasteiger partial charge is 0.164 e. The van der Waals surface area contributed by atoms with Crippen LogP contribution < -0.4 is 15.2 Å². The van der Waals surface area contributed by atoms with Crippen molar-refractivity contribution in [2.75, 3.05) is 14.2 Å². The number of halogens is 2. The molecule has 3 nitrogen and oxygen atoms in total. The molecule has 2 aromatic carbocycles. The van der Waals surface area contributed by atoms with Crippen molar-refractivity contribution >= 4 is 0 Å². The second kappa shape index (κ2) is 6.10. The fourth-order valence-corrected chi connectivity index (χ4v) is 2.24. The summed E-state index contributed by atoms with van der Waals surface area (Å²) in [5, 5.41) is 0. The van der Waals surface area contributed by atoms with Crippen molar-refractivity contribution in [2.24, 2.45) is 5.73 Å². The van der Waals surface area contributed by atoms with Crippen molar-refractivity contribution in [3.63, 3.8) is 0 Å². The zero-order chi connectivity index (χ0) is 15.6. The molecular formula is C16H17F2NO2. The summed E-state index contributed by atoms with van der Waals surface area (Å²) in [7, 11) is 2.97. The van der Waals surface area contributed by atoms with Gasteiger partial charge in [0.15, 0.2) is 11.6 Å². The van der Waals surface area contributed by atoms with Crippen LogP contribution >= 0.6 is 0 Å². The van der Waals surface area contributed by atoms with E-state index in [0.717, 1.165) is 0 Å². The Hall–Kier alpha value is -2.14. The van der Waals surface area contributed by atoms with E-state index in [0.29, 0.717) is 17.1 Å². The first-order valence-electron chi connectivity index (χ1n) is 6.42. The van der Waals surface area contributed by atoms with Crippen molar-refractivity contribution in [1.82, 2.24) is 0 Å². The number of nitrogens with two attached hydrogens (primary N) is 1. The van der Waals surface area contributed by atoms with Gasteiger partial charge in [0.1, 0.15) is 11.5 Å². The largest absolute Gasteiger partial charge is 0.496 e. The molecule has 0 saturated heterocycles. The lowest BCUT2D eigenvalue weighted by Crippen LogP contribution is -2.17. The molecule has 0 aromatic heterocycles. The highest BCUT2D eigenvalue weighted by atomic mass is 19.2. The summed E-state index contributed by atoms with van der Waals surface area (Å²) in [6.07, 6.45) is 0. The molecule has 0 saturated carbocycles. The van der Waals surface area contributed by atoms with Crippen LogP contribution in [-0.2, 0) is 0 Å². The van der Waals surface area contributed by atoms with Gasteiger partial charge in [0.2, 0.25) is 0 Å². The molecule has 0 amide bonds. The highest BCUT2D eigenvalue weighted by molar-refractivity contribution is 5.50. The highest BCUT2D eigenvalue weighted by Gasteiger charge is 2.23. The van der Waals surface area contributed by atoms with E-state index >= 15 is 0 Å². The topological polar surface area (TPSA) is 44.5 Å². The molecule has 1 atom stereocenters. The van der Waals surface area contributed by atoms with Crippen molar-refractivity contribution < 1.29 is 18.3 Å². The summed E-state index contributed by atoms with van der Waals surface area (Å²) in [5.41, 5.74) is 6.89. The van der Waals surface area contributed by atoms with Crippen LogP contribution in [0.15, 0.2) is 30.3 Å². The van der Waals surface area contributed by atoms with E-state index in [1.54, 1.807) is 18.2 Å². The second-order valence-electron chi connectivity index (χ2n) is 4.65. The Bertz CT molecular complexity index is 637. The van der Waals surface area contributed by atoms with Crippen molar-refractivity contribution in [3.05, 3.63) is 58.7 Å². The summed E-state index contributed by atoms with van der Waals surface area (Å²) in [4.78, 5) is 0. The Morgan fingerprint density at radius 3 is 2.05 bits per heavy atom. The van der Waals surface area contributed by atoms with E-state index in [1.165, 1.54) is 33.3 Å². The zero-order valence-electron chi connectivity index (χ0n) is 12.1. The average Bonchev–Trinajstić information content (AvgIpc) is 2.51. The molecule has 0 radical (unpaired) electrons. The first-order valence-corrected chi connectivity index (χ1v) is 6.42. The molecule has 0 fully saturated rings. The SMILES string of the molecule is COc1cccc(OC)c1C(N)c1ccc(C)c(F)c1F. The van der Waals surface area contributed by atoms with E-state index in [9.17, 15) is 8.78 Å². The number of methoxy groups -OCH3 is 2. The normalized spacial score (nSPS) is 12.1. The highest BCUT2D eigenvalue weighted by Crippen LogP contribution is 2.37. The molecule has 1 unspecified atom stereocenters. The molecule has 0 bridgehead atoms. The molecule has 0 aliphatic heterocycles. The Labute approximate surface area is 122 Å². The quantitative estimate of drug-likeness (QED) is 0.940. The zero-order valence-corrected chi connectivity index (χ0v) is 12.1. The fourth-order valence-electron chi connectivity index (χ4n) is 2.24. The van der Waals surface area contributed by atoms with Gasteiger partial charge in [0, 0.05) is 5.56 Å². The Morgan fingerprint density at radius 1 is 0.952 bits per heavy atom. The average molecular weight is 293 g/mol. The van der Waals surface area contributed by atoms with Crippen LogP contribution in [0, 0.1) is 18.6 Å². The summed E-state index contributed by atoms with van der Waals surface area (Å²) in [6.45, 7) is 1.50. The van der Waals surface area contributed by atoms with Gasteiger partial charge in [-0.05, 0) is 24.6 Å². The van der Waals surface area contributed by atoms with Gasteiger partial charge < -0.3 is 15.2 Å². The van der Waals surface area contributed by atoms with E-state index in [4.69, 9.17) is 15.2 Å². The molecule has 2 aromatic rings. The van der Waals surface area contributed by atoms with Crippen LogP contribution in [0.2, 0.25) is 0 Å². The van der Waals surface area contributed by atoms with Gasteiger partial charge in [-0.1, -0.05) is 18.2 Å². The molecule has 2 rings (SSSR count). The van der Waals surface area contributed by atoms with Gasteiger partial charge >= 0.3 is 0 Å². The van der Waals surface area contributed by atoms with Gasteiger partial charge in [-0.2, -0.15) is 0 Å². The molecule has 112 valence electrons.